The molecule has 0 aliphatic rings. The van der Waals surface area contributed by atoms with Crippen molar-refractivity contribution in [2.75, 3.05) is 66.0 Å². The number of nitrogens with one attached hydrogen (secondary N) is 1. The molecule has 0 bridgehead atoms. The normalized spacial score (nSPS) is 12.6. The summed E-state index contributed by atoms with van der Waals surface area (Å²) in [5.74, 6) is 0.205. The minimum absolute atomic E-state index is 0.257. The van der Waals surface area contributed by atoms with Gasteiger partial charge in [0.15, 0.2) is 0 Å². The minimum atomic E-state index is -0.888. The molecule has 0 aliphatic carbocycles. The van der Waals surface area contributed by atoms with Gasteiger partial charge in [0.05, 0.1) is 52.9 Å². The average molecular weight is 585 g/mol. The standard InChI is InChI=1S/C30H52N2O9/c1-29(2,3)40-27(33)26(32-28(34)41-30(4,5)6)23-24-9-11-25(12-10-24)39-15-8-7-14-35-17-19-37-21-22-38-20-18-36-16-13-31/h9-12,26H,7-8,13-23,31H2,1-6H3,(H,32,34)/t26-/m0/s1. The highest BCUT2D eigenvalue weighted by molar-refractivity contribution is 5.82. The number of hydrogen-bond acceptors (Lipinski definition) is 10. The molecule has 0 fully saturated rings. The van der Waals surface area contributed by atoms with Crippen LogP contribution in [0.2, 0.25) is 0 Å². The van der Waals surface area contributed by atoms with Crippen molar-refractivity contribution in [3.8, 4) is 5.75 Å². The van der Waals surface area contributed by atoms with Crippen LogP contribution < -0.4 is 15.8 Å². The zero-order chi connectivity index (χ0) is 30.6. The first-order valence-electron chi connectivity index (χ1n) is 14.3. The van der Waals surface area contributed by atoms with Gasteiger partial charge in [-0.3, -0.25) is 0 Å². The number of hydrogen-bond donors (Lipinski definition) is 2. The molecule has 1 rings (SSSR count). The Hall–Kier alpha value is -2.44. The van der Waals surface area contributed by atoms with E-state index in [1.54, 1.807) is 41.5 Å². The highest BCUT2D eigenvalue weighted by Crippen LogP contribution is 2.17. The molecule has 3 N–H and O–H groups in total. The summed E-state index contributed by atoms with van der Waals surface area (Å²) in [4.78, 5) is 25.1. The first kappa shape index (κ1) is 36.6. The van der Waals surface area contributed by atoms with Crippen LogP contribution in [0.4, 0.5) is 4.79 Å². The average Bonchev–Trinajstić information content (AvgIpc) is 2.87. The predicted molar refractivity (Wildman–Crippen MR) is 156 cm³/mol. The second-order valence-corrected chi connectivity index (χ2v) is 11.4. The summed E-state index contributed by atoms with van der Waals surface area (Å²) in [5.41, 5.74) is 4.82. The van der Waals surface area contributed by atoms with Gasteiger partial charge in [0.2, 0.25) is 0 Å². The fourth-order valence-corrected chi connectivity index (χ4v) is 3.31. The van der Waals surface area contributed by atoms with E-state index in [0.29, 0.717) is 66.0 Å². The Bertz CT molecular complexity index is 836. The van der Waals surface area contributed by atoms with Crippen LogP contribution in [0.3, 0.4) is 0 Å². The monoisotopic (exact) mass is 584 g/mol. The molecule has 1 amide bonds. The Morgan fingerprint density at radius 3 is 1.71 bits per heavy atom. The van der Waals surface area contributed by atoms with Crippen LogP contribution in [0.25, 0.3) is 0 Å². The Kier molecular flexibility index (Phi) is 18.2. The predicted octanol–water partition coefficient (Wildman–Crippen LogP) is 3.65. The Labute approximate surface area is 245 Å². The summed E-state index contributed by atoms with van der Waals surface area (Å²) in [6.07, 6.45) is 1.31. The van der Waals surface area contributed by atoms with E-state index in [1.165, 1.54) is 0 Å². The number of ether oxygens (including phenoxy) is 7. The lowest BCUT2D eigenvalue weighted by Crippen LogP contribution is -2.47. The number of rotatable bonds is 21. The van der Waals surface area contributed by atoms with Gasteiger partial charge in [-0.25, -0.2) is 9.59 Å². The van der Waals surface area contributed by atoms with Crippen LogP contribution in [0.15, 0.2) is 24.3 Å². The summed E-state index contributed by atoms with van der Waals surface area (Å²) in [6.45, 7) is 16.1. The lowest BCUT2D eigenvalue weighted by atomic mass is 10.1. The van der Waals surface area contributed by atoms with Crippen LogP contribution in [0.1, 0.15) is 59.9 Å². The Morgan fingerprint density at radius 2 is 1.20 bits per heavy atom. The van der Waals surface area contributed by atoms with E-state index in [-0.39, 0.29) is 6.42 Å². The zero-order valence-electron chi connectivity index (χ0n) is 25.8. The molecule has 236 valence electrons. The zero-order valence-corrected chi connectivity index (χ0v) is 25.8. The molecule has 1 aromatic rings. The van der Waals surface area contributed by atoms with Crippen LogP contribution >= 0.6 is 0 Å². The second-order valence-electron chi connectivity index (χ2n) is 11.4. The minimum Gasteiger partial charge on any atom is -0.494 e. The van der Waals surface area contributed by atoms with Crippen molar-refractivity contribution in [3.05, 3.63) is 29.8 Å². The number of benzene rings is 1. The maximum atomic E-state index is 12.8. The molecule has 11 heteroatoms. The van der Waals surface area contributed by atoms with Gasteiger partial charge in [0, 0.05) is 19.6 Å². The summed E-state index contributed by atoms with van der Waals surface area (Å²) >= 11 is 0. The second kappa shape index (κ2) is 20.4. The molecule has 0 saturated carbocycles. The molecule has 0 heterocycles. The topological polar surface area (TPSA) is 137 Å². The van der Waals surface area contributed by atoms with Crippen LogP contribution in [0.5, 0.6) is 5.75 Å². The first-order valence-corrected chi connectivity index (χ1v) is 14.3. The summed E-state index contributed by atoms with van der Waals surface area (Å²) in [7, 11) is 0. The van der Waals surface area contributed by atoms with E-state index in [0.717, 1.165) is 24.2 Å². The number of amides is 1. The molecule has 0 aliphatic heterocycles. The first-order chi connectivity index (χ1) is 19.4. The molecule has 0 aromatic heterocycles. The largest absolute Gasteiger partial charge is 0.494 e. The van der Waals surface area contributed by atoms with Gasteiger partial charge in [-0.15, -0.1) is 0 Å². The molecule has 1 aromatic carbocycles. The molecule has 0 unspecified atom stereocenters. The maximum Gasteiger partial charge on any atom is 0.408 e. The van der Waals surface area contributed by atoms with Crippen LogP contribution in [0, 0.1) is 0 Å². The smallest absolute Gasteiger partial charge is 0.408 e. The van der Waals surface area contributed by atoms with Crippen molar-refractivity contribution in [2.24, 2.45) is 5.73 Å². The van der Waals surface area contributed by atoms with Gasteiger partial charge in [-0.1, -0.05) is 12.1 Å². The summed E-state index contributed by atoms with van der Waals surface area (Å²) in [6, 6.07) is 6.54. The van der Waals surface area contributed by atoms with Crippen molar-refractivity contribution >= 4 is 12.1 Å². The van der Waals surface area contributed by atoms with Gasteiger partial charge in [-0.05, 0) is 72.1 Å². The molecule has 0 saturated heterocycles. The third-order valence-corrected chi connectivity index (χ3v) is 5.08. The summed E-state index contributed by atoms with van der Waals surface area (Å²) < 4.78 is 38.3. The van der Waals surface area contributed by atoms with Gasteiger partial charge >= 0.3 is 12.1 Å². The molecular weight excluding hydrogens is 532 g/mol. The lowest BCUT2D eigenvalue weighted by molar-refractivity contribution is -0.157. The van der Waals surface area contributed by atoms with E-state index >= 15 is 0 Å². The molecular formula is C30H52N2O9. The van der Waals surface area contributed by atoms with Crippen molar-refractivity contribution in [1.82, 2.24) is 5.32 Å². The van der Waals surface area contributed by atoms with Crippen molar-refractivity contribution in [3.63, 3.8) is 0 Å². The molecule has 0 spiro atoms. The van der Waals surface area contributed by atoms with E-state index in [9.17, 15) is 9.59 Å². The van der Waals surface area contributed by atoms with Gasteiger partial charge in [-0.2, -0.15) is 0 Å². The molecule has 0 radical (unpaired) electrons. The number of esters is 1. The van der Waals surface area contributed by atoms with E-state index in [1.807, 2.05) is 24.3 Å². The SMILES string of the molecule is CC(C)(C)OC(=O)N[C@@H](Cc1ccc(OCCCCOCCOCCOCCOCCN)cc1)C(=O)OC(C)(C)C. The van der Waals surface area contributed by atoms with E-state index in [2.05, 4.69) is 5.32 Å². The molecule has 11 nitrogen and oxygen atoms in total. The number of carbonyl (C=O) groups is 2. The molecule has 41 heavy (non-hydrogen) atoms. The number of alkyl carbamates (subject to hydrolysis) is 1. The van der Waals surface area contributed by atoms with Gasteiger partial charge < -0.3 is 44.2 Å². The highest BCUT2D eigenvalue weighted by atomic mass is 16.6. The molecule has 1 atom stereocenters. The third-order valence-electron chi connectivity index (χ3n) is 5.08. The van der Waals surface area contributed by atoms with Crippen molar-refractivity contribution < 1.29 is 42.7 Å². The van der Waals surface area contributed by atoms with Crippen LogP contribution in [-0.2, 0) is 39.6 Å². The fraction of sp³-hybridized carbons (Fsp3) is 0.733. The maximum absolute atomic E-state index is 12.8. The highest BCUT2D eigenvalue weighted by Gasteiger charge is 2.29. The van der Waals surface area contributed by atoms with E-state index < -0.39 is 29.3 Å². The summed E-state index contributed by atoms with van der Waals surface area (Å²) in [5, 5.41) is 2.64. The number of unbranched alkanes of at least 4 members (excludes halogenated alkanes) is 1. The van der Waals surface area contributed by atoms with Gasteiger partial charge in [0.25, 0.3) is 0 Å². The van der Waals surface area contributed by atoms with Crippen molar-refractivity contribution in [1.29, 1.82) is 0 Å². The quantitative estimate of drug-likeness (QED) is 0.163. The lowest BCUT2D eigenvalue weighted by Gasteiger charge is -2.26. The third kappa shape index (κ3) is 21.0. The fourth-order valence-electron chi connectivity index (χ4n) is 3.31. The van der Waals surface area contributed by atoms with E-state index in [4.69, 9.17) is 38.9 Å². The van der Waals surface area contributed by atoms with Crippen molar-refractivity contribution in [2.45, 2.75) is 78.0 Å². The van der Waals surface area contributed by atoms with Gasteiger partial charge in [0.1, 0.15) is 23.0 Å². The number of carbonyl (C=O) groups excluding carboxylic acids is 2. The number of nitrogens with two attached hydrogens (primary N) is 1. The Morgan fingerprint density at radius 1 is 0.707 bits per heavy atom. The van der Waals surface area contributed by atoms with Crippen LogP contribution in [-0.4, -0.2) is 95.3 Å². The Balaban J connectivity index is 2.27.